The minimum atomic E-state index is -0.237. The Morgan fingerprint density at radius 2 is 1.89 bits per heavy atom. The van der Waals surface area contributed by atoms with Gasteiger partial charge in [0.2, 0.25) is 5.91 Å². The third-order valence-corrected chi connectivity index (χ3v) is 6.40. The zero-order chi connectivity index (χ0) is 20.1. The number of likely N-dealkylation sites (tertiary alicyclic amines) is 1. The first-order valence-corrected chi connectivity index (χ1v) is 10.3. The molecular formula is C22H30N4O2. The predicted molar refractivity (Wildman–Crippen MR) is 110 cm³/mol. The van der Waals surface area contributed by atoms with E-state index in [0.29, 0.717) is 22.5 Å². The van der Waals surface area contributed by atoms with Crippen molar-refractivity contribution in [1.29, 1.82) is 0 Å². The maximum absolute atomic E-state index is 12.9. The lowest BCUT2D eigenvalue weighted by Crippen LogP contribution is -2.35. The largest absolute Gasteiger partial charge is 0.342 e. The van der Waals surface area contributed by atoms with Crippen molar-refractivity contribution in [2.75, 3.05) is 13.1 Å². The fourth-order valence-corrected chi connectivity index (χ4v) is 4.19. The summed E-state index contributed by atoms with van der Waals surface area (Å²) in [6.45, 7) is 7.85. The average Bonchev–Trinajstić information content (AvgIpc) is 2.94. The quantitative estimate of drug-likeness (QED) is 0.858. The summed E-state index contributed by atoms with van der Waals surface area (Å²) in [5, 5.41) is 0. The van der Waals surface area contributed by atoms with Crippen LogP contribution in [0.5, 0.6) is 0 Å². The second kappa shape index (κ2) is 8.67. The first-order chi connectivity index (χ1) is 13.5. The van der Waals surface area contributed by atoms with Gasteiger partial charge in [0.15, 0.2) is 0 Å². The predicted octanol–water partition coefficient (Wildman–Crippen LogP) is 3.50. The number of nitrogens with zero attached hydrogens (tertiary/aromatic N) is 3. The van der Waals surface area contributed by atoms with E-state index in [9.17, 15) is 9.59 Å². The fourth-order valence-electron chi connectivity index (χ4n) is 4.19. The van der Waals surface area contributed by atoms with Crippen LogP contribution < -0.4 is 5.56 Å². The van der Waals surface area contributed by atoms with Gasteiger partial charge in [-0.2, -0.15) is 0 Å². The summed E-state index contributed by atoms with van der Waals surface area (Å²) in [4.78, 5) is 38.8. The monoisotopic (exact) mass is 382 g/mol. The lowest BCUT2D eigenvalue weighted by molar-refractivity contribution is -0.130. The van der Waals surface area contributed by atoms with Gasteiger partial charge in [-0.05, 0) is 43.7 Å². The van der Waals surface area contributed by atoms with Crippen LogP contribution in [0.1, 0.15) is 57.2 Å². The standard InChI is InChI=1S/C22H30N4O2/c1-4-22(5-2)9-6-13-26(14-10-22)19(27)15-18-16(3)24-20(25-21(18)28)17-7-11-23-12-8-17/h7-8,11-12H,4-6,9-10,13-15H2,1-3H3,(H,24,25,28). The van der Waals surface area contributed by atoms with Gasteiger partial charge in [0.25, 0.3) is 5.56 Å². The molecule has 1 aliphatic rings. The van der Waals surface area contributed by atoms with E-state index < -0.39 is 0 Å². The van der Waals surface area contributed by atoms with Crippen LogP contribution in [0, 0.1) is 12.3 Å². The molecule has 6 heteroatoms. The van der Waals surface area contributed by atoms with E-state index in [1.54, 1.807) is 31.5 Å². The topological polar surface area (TPSA) is 79.0 Å². The van der Waals surface area contributed by atoms with Gasteiger partial charge in [0.1, 0.15) is 5.82 Å². The summed E-state index contributed by atoms with van der Waals surface area (Å²) < 4.78 is 0. The molecule has 0 aromatic carbocycles. The Balaban J connectivity index is 1.75. The minimum Gasteiger partial charge on any atom is -0.342 e. The van der Waals surface area contributed by atoms with Crippen LogP contribution in [0.2, 0.25) is 0 Å². The van der Waals surface area contributed by atoms with Crippen molar-refractivity contribution in [2.45, 2.75) is 59.3 Å². The number of rotatable bonds is 5. The molecule has 0 unspecified atom stereocenters. The fraction of sp³-hybridized carbons (Fsp3) is 0.545. The Bertz CT molecular complexity index is 872. The van der Waals surface area contributed by atoms with Gasteiger partial charge in [-0.3, -0.25) is 14.6 Å². The maximum Gasteiger partial charge on any atom is 0.255 e. The molecule has 2 aromatic rings. The summed E-state index contributed by atoms with van der Waals surface area (Å²) in [5.74, 6) is 0.529. The molecule has 1 N–H and O–H groups in total. The Hall–Kier alpha value is -2.50. The number of amides is 1. The summed E-state index contributed by atoms with van der Waals surface area (Å²) >= 11 is 0. The molecule has 28 heavy (non-hydrogen) atoms. The van der Waals surface area contributed by atoms with Crippen molar-refractivity contribution in [3.63, 3.8) is 0 Å². The lowest BCUT2D eigenvalue weighted by Gasteiger charge is -2.30. The van der Waals surface area contributed by atoms with Crippen molar-refractivity contribution in [2.24, 2.45) is 5.41 Å². The number of carbonyl (C=O) groups excluding carboxylic acids is 1. The van der Waals surface area contributed by atoms with E-state index in [4.69, 9.17) is 0 Å². The molecule has 6 nitrogen and oxygen atoms in total. The highest BCUT2D eigenvalue weighted by Gasteiger charge is 2.30. The van der Waals surface area contributed by atoms with Crippen LogP contribution in [0.15, 0.2) is 29.3 Å². The maximum atomic E-state index is 12.9. The molecule has 3 heterocycles. The number of pyridine rings is 1. The highest BCUT2D eigenvalue weighted by molar-refractivity contribution is 5.79. The highest BCUT2D eigenvalue weighted by atomic mass is 16.2. The molecule has 0 atom stereocenters. The molecule has 2 aromatic heterocycles. The zero-order valence-corrected chi connectivity index (χ0v) is 17.1. The normalized spacial score (nSPS) is 16.6. The Labute approximate surface area is 166 Å². The molecule has 0 radical (unpaired) electrons. The Kier molecular flexibility index (Phi) is 6.27. The molecule has 0 saturated carbocycles. The molecule has 3 rings (SSSR count). The Morgan fingerprint density at radius 1 is 1.18 bits per heavy atom. The molecule has 0 bridgehead atoms. The van der Waals surface area contributed by atoms with Gasteiger partial charge >= 0.3 is 0 Å². The molecule has 0 aliphatic carbocycles. The number of carbonyl (C=O) groups is 1. The molecular weight excluding hydrogens is 352 g/mol. The van der Waals surface area contributed by atoms with Crippen molar-refractivity contribution in [3.8, 4) is 11.4 Å². The van der Waals surface area contributed by atoms with Gasteiger partial charge in [0.05, 0.1) is 6.42 Å². The Morgan fingerprint density at radius 3 is 2.54 bits per heavy atom. The van der Waals surface area contributed by atoms with E-state index in [0.717, 1.165) is 44.3 Å². The number of aryl methyl sites for hydroxylation is 1. The molecule has 1 fully saturated rings. The minimum absolute atomic E-state index is 0.0232. The lowest BCUT2D eigenvalue weighted by atomic mass is 9.76. The van der Waals surface area contributed by atoms with Gasteiger partial charge in [-0.15, -0.1) is 0 Å². The van der Waals surface area contributed by atoms with Crippen molar-refractivity contribution in [1.82, 2.24) is 19.9 Å². The summed E-state index contributed by atoms with van der Waals surface area (Å²) in [7, 11) is 0. The van der Waals surface area contributed by atoms with Gasteiger partial charge in [-0.25, -0.2) is 4.98 Å². The van der Waals surface area contributed by atoms with Crippen LogP contribution in [0.25, 0.3) is 11.4 Å². The van der Waals surface area contributed by atoms with Gasteiger partial charge < -0.3 is 9.88 Å². The van der Waals surface area contributed by atoms with Gasteiger partial charge in [0, 0.05) is 42.3 Å². The van der Waals surface area contributed by atoms with Crippen molar-refractivity contribution < 1.29 is 4.79 Å². The molecule has 0 spiro atoms. The van der Waals surface area contributed by atoms with Crippen LogP contribution >= 0.6 is 0 Å². The molecule has 1 aliphatic heterocycles. The van der Waals surface area contributed by atoms with E-state index in [-0.39, 0.29) is 17.9 Å². The summed E-state index contributed by atoms with van der Waals surface area (Å²) in [6, 6.07) is 3.60. The van der Waals surface area contributed by atoms with Crippen LogP contribution in [0.4, 0.5) is 0 Å². The first-order valence-electron chi connectivity index (χ1n) is 10.3. The third kappa shape index (κ3) is 4.32. The molecule has 1 amide bonds. The zero-order valence-electron chi connectivity index (χ0n) is 17.1. The van der Waals surface area contributed by atoms with E-state index in [1.807, 2.05) is 4.90 Å². The van der Waals surface area contributed by atoms with Crippen LogP contribution in [0.3, 0.4) is 0 Å². The first kappa shape index (κ1) is 20.2. The summed E-state index contributed by atoms with van der Waals surface area (Å²) in [6.07, 6.45) is 8.99. The smallest absolute Gasteiger partial charge is 0.255 e. The second-order valence-corrected chi connectivity index (χ2v) is 7.83. The highest BCUT2D eigenvalue weighted by Crippen LogP contribution is 2.37. The van der Waals surface area contributed by atoms with E-state index in [2.05, 4.69) is 28.8 Å². The van der Waals surface area contributed by atoms with E-state index >= 15 is 0 Å². The number of nitrogens with one attached hydrogen (secondary N) is 1. The number of aromatic amines is 1. The van der Waals surface area contributed by atoms with Crippen molar-refractivity contribution in [3.05, 3.63) is 46.1 Å². The third-order valence-electron chi connectivity index (χ3n) is 6.40. The molecule has 1 saturated heterocycles. The number of H-pyrrole nitrogens is 1. The second-order valence-electron chi connectivity index (χ2n) is 7.83. The average molecular weight is 383 g/mol. The SMILES string of the molecule is CCC1(CC)CCCN(C(=O)Cc2c(C)nc(-c3ccncc3)[nH]c2=O)CC1. The van der Waals surface area contributed by atoms with E-state index in [1.165, 1.54) is 6.42 Å². The number of aromatic nitrogens is 3. The number of hydrogen-bond donors (Lipinski definition) is 1. The van der Waals surface area contributed by atoms with Gasteiger partial charge in [-0.1, -0.05) is 26.7 Å². The van der Waals surface area contributed by atoms with Crippen LogP contribution in [-0.2, 0) is 11.2 Å². The van der Waals surface area contributed by atoms with Crippen molar-refractivity contribution >= 4 is 5.91 Å². The van der Waals surface area contributed by atoms with Crippen LogP contribution in [-0.4, -0.2) is 38.8 Å². The molecule has 150 valence electrons. The summed E-state index contributed by atoms with van der Waals surface area (Å²) in [5.41, 5.74) is 1.99. The number of hydrogen-bond acceptors (Lipinski definition) is 4.